The number of fused-ring (bicyclic) bond motifs is 1. The predicted octanol–water partition coefficient (Wildman–Crippen LogP) is 4.93. The molecule has 8 nitrogen and oxygen atoms in total. The highest BCUT2D eigenvalue weighted by Crippen LogP contribution is 2.31. The number of para-hydroxylation sites is 2. The average Bonchev–Trinajstić information content (AvgIpc) is 3.67. The number of rotatable bonds is 6. The third-order valence-corrected chi connectivity index (χ3v) is 7.09. The minimum atomic E-state index is -0.918. The number of nitrogens with zero attached hydrogens (tertiary/aromatic N) is 4. The van der Waals surface area contributed by atoms with Crippen LogP contribution in [0.3, 0.4) is 0 Å². The van der Waals surface area contributed by atoms with E-state index in [2.05, 4.69) is 9.97 Å². The van der Waals surface area contributed by atoms with E-state index in [1.54, 1.807) is 54.9 Å². The number of aromatic nitrogens is 2. The lowest BCUT2D eigenvalue weighted by molar-refractivity contribution is -0.122. The third-order valence-electron chi connectivity index (χ3n) is 6.23. The Labute approximate surface area is 215 Å². The van der Waals surface area contributed by atoms with Gasteiger partial charge in [-0.3, -0.25) is 19.4 Å². The zero-order chi connectivity index (χ0) is 25.4. The largest absolute Gasteiger partial charge is 0.436 e. The van der Waals surface area contributed by atoms with Crippen molar-refractivity contribution in [2.45, 2.75) is 19.0 Å². The molecule has 3 amide bonds. The first-order valence-corrected chi connectivity index (χ1v) is 12.5. The number of anilines is 1. The van der Waals surface area contributed by atoms with Gasteiger partial charge in [-0.15, -0.1) is 11.3 Å². The maximum absolute atomic E-state index is 13.6. The van der Waals surface area contributed by atoms with Gasteiger partial charge < -0.3 is 9.32 Å². The molecule has 1 aliphatic rings. The van der Waals surface area contributed by atoms with Crippen molar-refractivity contribution in [3.63, 3.8) is 0 Å². The molecule has 3 aromatic heterocycles. The summed E-state index contributed by atoms with van der Waals surface area (Å²) in [6.07, 6.45) is 3.20. The van der Waals surface area contributed by atoms with Crippen LogP contribution in [0.5, 0.6) is 0 Å². The Kier molecular flexibility index (Phi) is 5.82. The quantitative estimate of drug-likeness (QED) is 0.302. The van der Waals surface area contributed by atoms with Crippen molar-refractivity contribution in [1.29, 1.82) is 0 Å². The fourth-order valence-electron chi connectivity index (χ4n) is 4.43. The van der Waals surface area contributed by atoms with Crippen molar-refractivity contribution < 1.29 is 18.8 Å². The van der Waals surface area contributed by atoms with Crippen molar-refractivity contribution in [2.75, 3.05) is 4.90 Å². The lowest BCUT2D eigenvalue weighted by Gasteiger charge is -2.27. The van der Waals surface area contributed by atoms with E-state index in [0.717, 1.165) is 21.5 Å². The number of carbonyl (C=O) groups excluding carboxylic acids is 3. The number of pyridine rings is 1. The summed E-state index contributed by atoms with van der Waals surface area (Å²) in [5.41, 5.74) is 3.36. The van der Waals surface area contributed by atoms with Crippen LogP contribution >= 0.6 is 11.3 Å². The summed E-state index contributed by atoms with van der Waals surface area (Å²) >= 11 is 1.30. The van der Waals surface area contributed by atoms with Crippen LogP contribution in [0.2, 0.25) is 0 Å². The van der Waals surface area contributed by atoms with Crippen molar-refractivity contribution in [1.82, 2.24) is 14.9 Å². The van der Waals surface area contributed by atoms with E-state index >= 15 is 0 Å². The van der Waals surface area contributed by atoms with Gasteiger partial charge in [0.15, 0.2) is 5.58 Å². The topological polar surface area (TPSA) is 96.6 Å². The summed E-state index contributed by atoms with van der Waals surface area (Å²) in [4.78, 5) is 51.7. The highest BCUT2D eigenvalue weighted by Gasteiger charge is 2.44. The Bertz CT molecular complexity index is 1560. The smallest absolute Gasteiger partial charge is 0.264 e. The van der Waals surface area contributed by atoms with E-state index in [4.69, 9.17) is 4.42 Å². The second-order valence-electron chi connectivity index (χ2n) is 8.59. The molecule has 0 radical (unpaired) electrons. The van der Waals surface area contributed by atoms with Crippen LogP contribution in [-0.4, -0.2) is 38.6 Å². The van der Waals surface area contributed by atoms with Crippen molar-refractivity contribution in [2.24, 2.45) is 0 Å². The standard InChI is InChI=1S/C28H20N4O4S/c33-25-15-22(31(17-18-5-3-13-29-16-18)28(35)24-8-4-14-37-24)27(34)32(25)20-11-9-19(10-12-20)26-30-21-6-1-2-7-23(21)36-26/h1-14,16,22H,15,17H2. The molecule has 0 saturated carbocycles. The van der Waals surface area contributed by atoms with Crippen LogP contribution in [0.4, 0.5) is 5.69 Å². The van der Waals surface area contributed by atoms with Crippen LogP contribution in [0.1, 0.15) is 21.7 Å². The van der Waals surface area contributed by atoms with Crippen LogP contribution in [0.25, 0.3) is 22.6 Å². The predicted molar refractivity (Wildman–Crippen MR) is 139 cm³/mol. The number of thiophene rings is 1. The third kappa shape index (κ3) is 4.30. The first kappa shape index (κ1) is 22.8. The van der Waals surface area contributed by atoms with Gasteiger partial charge in [-0.25, -0.2) is 9.88 Å². The van der Waals surface area contributed by atoms with Gasteiger partial charge in [-0.2, -0.15) is 0 Å². The Morgan fingerprint density at radius 2 is 1.86 bits per heavy atom. The SMILES string of the molecule is O=C1CC(N(Cc2cccnc2)C(=O)c2cccs2)C(=O)N1c1ccc(-c2nc3ccccc3o2)cc1. The van der Waals surface area contributed by atoms with Gasteiger partial charge in [-0.1, -0.05) is 24.3 Å². The zero-order valence-corrected chi connectivity index (χ0v) is 20.3. The van der Waals surface area contributed by atoms with Crippen LogP contribution in [0.15, 0.2) is 95.0 Å². The van der Waals surface area contributed by atoms with E-state index in [9.17, 15) is 14.4 Å². The van der Waals surface area contributed by atoms with E-state index < -0.39 is 11.9 Å². The molecule has 182 valence electrons. The molecule has 0 aliphatic carbocycles. The second-order valence-corrected chi connectivity index (χ2v) is 9.54. The van der Waals surface area contributed by atoms with E-state index in [-0.39, 0.29) is 24.8 Å². The lowest BCUT2D eigenvalue weighted by atomic mass is 10.1. The molecule has 1 aliphatic heterocycles. The average molecular weight is 509 g/mol. The molecular weight excluding hydrogens is 488 g/mol. The molecule has 6 rings (SSSR count). The number of carbonyl (C=O) groups is 3. The van der Waals surface area contributed by atoms with Crippen molar-refractivity contribution in [3.05, 3.63) is 101 Å². The number of hydrogen-bond acceptors (Lipinski definition) is 7. The molecule has 0 spiro atoms. The van der Waals surface area contributed by atoms with Crippen LogP contribution in [-0.2, 0) is 16.1 Å². The zero-order valence-electron chi connectivity index (χ0n) is 19.5. The maximum Gasteiger partial charge on any atom is 0.264 e. The first-order chi connectivity index (χ1) is 18.1. The Balaban J connectivity index is 1.28. The number of benzene rings is 2. The highest BCUT2D eigenvalue weighted by molar-refractivity contribution is 7.12. The molecule has 2 aromatic carbocycles. The molecule has 0 N–H and O–H groups in total. The van der Waals surface area contributed by atoms with Gasteiger partial charge in [0.2, 0.25) is 11.8 Å². The Morgan fingerprint density at radius 1 is 1.03 bits per heavy atom. The Morgan fingerprint density at radius 3 is 2.59 bits per heavy atom. The number of imide groups is 1. The molecule has 1 fully saturated rings. The van der Waals surface area contributed by atoms with Crippen LogP contribution in [0, 0.1) is 0 Å². The maximum atomic E-state index is 13.6. The Hall–Kier alpha value is -4.63. The highest BCUT2D eigenvalue weighted by atomic mass is 32.1. The molecular formula is C28H20N4O4S. The molecule has 9 heteroatoms. The van der Waals surface area contributed by atoms with Gasteiger partial charge in [-0.05, 0) is 59.5 Å². The normalized spacial score (nSPS) is 15.5. The van der Waals surface area contributed by atoms with Gasteiger partial charge >= 0.3 is 0 Å². The molecule has 5 aromatic rings. The number of amides is 3. The summed E-state index contributed by atoms with van der Waals surface area (Å²) in [6.45, 7) is 0.165. The number of hydrogen-bond donors (Lipinski definition) is 0. The van der Waals surface area contributed by atoms with Gasteiger partial charge in [0, 0.05) is 24.5 Å². The number of oxazole rings is 1. The molecule has 1 atom stereocenters. The molecule has 1 saturated heterocycles. The van der Waals surface area contributed by atoms with E-state index in [1.807, 2.05) is 35.7 Å². The second kappa shape index (κ2) is 9.44. The summed E-state index contributed by atoms with van der Waals surface area (Å²) in [5.74, 6) is -0.639. The fraction of sp³-hybridized carbons (Fsp3) is 0.107. The van der Waals surface area contributed by atoms with Crippen molar-refractivity contribution in [3.8, 4) is 11.5 Å². The summed E-state index contributed by atoms with van der Waals surface area (Å²) < 4.78 is 5.82. The fourth-order valence-corrected chi connectivity index (χ4v) is 5.11. The minimum Gasteiger partial charge on any atom is -0.436 e. The van der Waals surface area contributed by atoms with E-state index in [1.165, 1.54) is 16.2 Å². The van der Waals surface area contributed by atoms with Crippen LogP contribution < -0.4 is 4.90 Å². The van der Waals surface area contributed by atoms with Gasteiger partial charge in [0.05, 0.1) is 17.0 Å². The van der Waals surface area contributed by atoms with Crippen molar-refractivity contribution >= 4 is 45.8 Å². The molecule has 37 heavy (non-hydrogen) atoms. The lowest BCUT2D eigenvalue weighted by Crippen LogP contribution is -2.45. The first-order valence-electron chi connectivity index (χ1n) is 11.6. The summed E-state index contributed by atoms with van der Waals surface area (Å²) in [5, 5.41) is 1.81. The summed E-state index contributed by atoms with van der Waals surface area (Å²) in [6, 6.07) is 20.6. The van der Waals surface area contributed by atoms with E-state index in [0.29, 0.717) is 22.0 Å². The molecule has 0 bridgehead atoms. The summed E-state index contributed by atoms with van der Waals surface area (Å²) in [7, 11) is 0. The van der Waals surface area contributed by atoms with Gasteiger partial charge in [0.1, 0.15) is 11.6 Å². The van der Waals surface area contributed by atoms with Gasteiger partial charge in [0.25, 0.3) is 11.8 Å². The minimum absolute atomic E-state index is 0.0942. The molecule has 1 unspecified atom stereocenters. The molecule has 4 heterocycles. The monoisotopic (exact) mass is 508 g/mol.